The van der Waals surface area contributed by atoms with Gasteiger partial charge in [-0.05, 0) is 26.8 Å². The van der Waals surface area contributed by atoms with Crippen LogP contribution in [0.1, 0.15) is 47.5 Å². The lowest BCUT2D eigenvalue weighted by molar-refractivity contribution is -0.122. The molecule has 1 rings (SSSR count). The Labute approximate surface area is 83.1 Å². The van der Waals surface area contributed by atoms with Crippen molar-refractivity contribution in [3.8, 4) is 0 Å². The summed E-state index contributed by atoms with van der Waals surface area (Å²) in [6, 6.07) is 0.446. The van der Waals surface area contributed by atoms with E-state index < -0.39 is 0 Å². The van der Waals surface area contributed by atoms with Gasteiger partial charge in [-0.3, -0.25) is 4.79 Å². The molecule has 2 nitrogen and oxygen atoms in total. The monoisotopic (exact) mass is 187 g/mol. The molecule has 0 saturated heterocycles. The number of nitrogens with one attached hydrogen (secondary N) is 1. The van der Waals surface area contributed by atoms with Gasteiger partial charge in [0.15, 0.2) is 0 Å². The van der Waals surface area contributed by atoms with Gasteiger partial charge >= 0.3 is 0 Å². The van der Waals surface area contributed by atoms with Crippen LogP contribution in [0.2, 0.25) is 0 Å². The minimum Gasteiger partial charge on any atom is -0.316 e. The molecular formula is C11H25NO. The molecule has 0 spiro atoms. The van der Waals surface area contributed by atoms with E-state index in [-0.39, 0.29) is 20.8 Å². The Kier molecular flexibility index (Phi) is 8.23. The summed E-state index contributed by atoms with van der Waals surface area (Å²) in [5, 5.41) is 3.21. The highest BCUT2D eigenvalue weighted by molar-refractivity contribution is 5.79. The van der Waals surface area contributed by atoms with Crippen LogP contribution in [-0.4, -0.2) is 18.9 Å². The van der Waals surface area contributed by atoms with E-state index in [1.165, 1.54) is 19.3 Å². The summed E-state index contributed by atoms with van der Waals surface area (Å²) in [6.45, 7) is 1.71. The molecule has 0 aromatic heterocycles. The first-order valence-corrected chi connectivity index (χ1v) is 4.43. The van der Waals surface area contributed by atoms with Crippen molar-refractivity contribution in [1.29, 1.82) is 0 Å². The highest BCUT2D eigenvalue weighted by Gasteiger charge is 2.26. The summed E-state index contributed by atoms with van der Waals surface area (Å²) in [5.41, 5.74) is 0. The van der Waals surface area contributed by atoms with Crippen LogP contribution in [0.3, 0.4) is 0 Å². The molecule has 0 aromatic rings. The van der Waals surface area contributed by atoms with Crippen LogP contribution in [0.25, 0.3) is 0 Å². The summed E-state index contributed by atoms with van der Waals surface area (Å²) < 4.78 is 0. The van der Waals surface area contributed by atoms with Gasteiger partial charge < -0.3 is 5.32 Å². The molecule has 2 heteroatoms. The SMILES string of the molecule is C.C.CN[C@@H]1CCCC[C@H]1C(C)=O. The Morgan fingerprint density at radius 1 is 1.23 bits per heavy atom. The van der Waals surface area contributed by atoms with E-state index in [0.29, 0.717) is 11.8 Å². The maximum Gasteiger partial charge on any atom is 0.134 e. The van der Waals surface area contributed by atoms with Gasteiger partial charge in [-0.2, -0.15) is 0 Å². The third-order valence-corrected chi connectivity index (χ3v) is 2.66. The Morgan fingerprint density at radius 3 is 2.15 bits per heavy atom. The number of hydrogen-bond donors (Lipinski definition) is 1. The van der Waals surface area contributed by atoms with E-state index in [1.807, 2.05) is 7.05 Å². The number of ketones is 1. The molecule has 1 N–H and O–H groups in total. The minimum absolute atomic E-state index is 0. The molecular weight excluding hydrogens is 162 g/mol. The Balaban J connectivity index is 0. The second-order valence-corrected chi connectivity index (χ2v) is 3.40. The molecule has 1 aliphatic rings. The van der Waals surface area contributed by atoms with E-state index >= 15 is 0 Å². The zero-order valence-electron chi connectivity index (χ0n) is 7.39. The summed E-state index contributed by atoms with van der Waals surface area (Å²) >= 11 is 0. The average molecular weight is 187 g/mol. The van der Waals surface area contributed by atoms with E-state index in [9.17, 15) is 4.79 Å². The third-order valence-electron chi connectivity index (χ3n) is 2.66. The van der Waals surface area contributed by atoms with Gasteiger partial charge in [0.25, 0.3) is 0 Å². The van der Waals surface area contributed by atoms with E-state index in [1.54, 1.807) is 6.92 Å². The molecule has 0 radical (unpaired) electrons. The molecule has 80 valence electrons. The molecule has 1 aliphatic carbocycles. The van der Waals surface area contributed by atoms with Gasteiger partial charge in [0.1, 0.15) is 5.78 Å². The summed E-state index contributed by atoms with van der Waals surface area (Å²) in [4.78, 5) is 11.1. The lowest BCUT2D eigenvalue weighted by atomic mass is 9.82. The van der Waals surface area contributed by atoms with E-state index in [0.717, 1.165) is 6.42 Å². The smallest absolute Gasteiger partial charge is 0.134 e. The molecule has 1 saturated carbocycles. The van der Waals surface area contributed by atoms with Crippen molar-refractivity contribution in [2.75, 3.05) is 7.05 Å². The second-order valence-electron chi connectivity index (χ2n) is 3.40. The first-order chi connectivity index (χ1) is 5.25. The van der Waals surface area contributed by atoms with E-state index in [4.69, 9.17) is 0 Å². The van der Waals surface area contributed by atoms with Gasteiger partial charge in [0.05, 0.1) is 0 Å². The first kappa shape index (κ1) is 15.1. The van der Waals surface area contributed by atoms with Gasteiger partial charge in [-0.15, -0.1) is 0 Å². The predicted molar refractivity (Wildman–Crippen MR) is 58.9 cm³/mol. The van der Waals surface area contributed by atoms with Gasteiger partial charge in [0, 0.05) is 12.0 Å². The van der Waals surface area contributed by atoms with Crippen molar-refractivity contribution in [2.24, 2.45) is 5.92 Å². The number of rotatable bonds is 2. The van der Waals surface area contributed by atoms with Crippen LogP contribution >= 0.6 is 0 Å². The number of Topliss-reactive ketones (excluding diaryl/α,β-unsaturated/α-hetero) is 1. The lowest BCUT2D eigenvalue weighted by Crippen LogP contribution is -2.39. The fraction of sp³-hybridized carbons (Fsp3) is 0.909. The molecule has 13 heavy (non-hydrogen) atoms. The molecule has 0 amide bonds. The third kappa shape index (κ3) is 3.90. The topological polar surface area (TPSA) is 29.1 Å². The van der Waals surface area contributed by atoms with Crippen molar-refractivity contribution >= 4 is 5.78 Å². The molecule has 2 atom stereocenters. The first-order valence-electron chi connectivity index (χ1n) is 4.43. The molecule has 0 heterocycles. The quantitative estimate of drug-likeness (QED) is 0.720. The molecule has 0 bridgehead atoms. The van der Waals surface area contributed by atoms with E-state index in [2.05, 4.69) is 5.32 Å². The summed E-state index contributed by atoms with van der Waals surface area (Å²) in [7, 11) is 1.95. The predicted octanol–water partition coefficient (Wildman–Crippen LogP) is 2.63. The zero-order chi connectivity index (χ0) is 8.27. The Bertz CT molecular complexity index is 145. The zero-order valence-corrected chi connectivity index (χ0v) is 7.39. The Hall–Kier alpha value is -0.370. The largest absolute Gasteiger partial charge is 0.316 e. The molecule has 0 aliphatic heterocycles. The standard InChI is InChI=1S/C9H17NO.2CH4/c1-7(11)8-5-3-4-6-9(8)10-2;;/h8-10H,3-6H2,1-2H3;2*1H4/t8-,9+;;/m0../s1. The number of hydrogen-bond acceptors (Lipinski definition) is 2. The van der Waals surface area contributed by atoms with Crippen molar-refractivity contribution in [2.45, 2.75) is 53.5 Å². The van der Waals surface area contributed by atoms with Gasteiger partial charge in [-0.1, -0.05) is 27.7 Å². The van der Waals surface area contributed by atoms with Crippen molar-refractivity contribution in [1.82, 2.24) is 5.32 Å². The van der Waals surface area contributed by atoms with Crippen LogP contribution < -0.4 is 5.32 Å². The molecule has 1 fully saturated rings. The Morgan fingerprint density at radius 2 is 1.77 bits per heavy atom. The summed E-state index contributed by atoms with van der Waals surface area (Å²) in [6.07, 6.45) is 4.75. The van der Waals surface area contributed by atoms with Crippen LogP contribution in [0.4, 0.5) is 0 Å². The molecule has 0 unspecified atom stereocenters. The minimum atomic E-state index is 0. The van der Waals surface area contributed by atoms with Crippen LogP contribution in [0.15, 0.2) is 0 Å². The van der Waals surface area contributed by atoms with Crippen LogP contribution in [0, 0.1) is 5.92 Å². The second kappa shape index (κ2) is 7.07. The van der Waals surface area contributed by atoms with Crippen molar-refractivity contribution in [3.05, 3.63) is 0 Å². The average Bonchev–Trinajstić information content (AvgIpc) is 2.04. The summed E-state index contributed by atoms with van der Waals surface area (Å²) in [5.74, 6) is 0.637. The van der Waals surface area contributed by atoms with Gasteiger partial charge in [-0.25, -0.2) is 0 Å². The highest BCUT2D eigenvalue weighted by atomic mass is 16.1. The number of carbonyl (C=O) groups excluding carboxylic acids is 1. The fourth-order valence-corrected chi connectivity index (χ4v) is 1.96. The molecule has 0 aromatic carbocycles. The lowest BCUT2D eigenvalue weighted by Gasteiger charge is -2.29. The number of carbonyl (C=O) groups is 1. The fourth-order valence-electron chi connectivity index (χ4n) is 1.96. The normalized spacial score (nSPS) is 26.9. The van der Waals surface area contributed by atoms with Crippen molar-refractivity contribution in [3.63, 3.8) is 0 Å². The van der Waals surface area contributed by atoms with Crippen LogP contribution in [0.5, 0.6) is 0 Å². The maximum atomic E-state index is 11.1. The van der Waals surface area contributed by atoms with Crippen molar-refractivity contribution < 1.29 is 4.79 Å². The maximum absolute atomic E-state index is 11.1. The highest BCUT2D eigenvalue weighted by Crippen LogP contribution is 2.24. The van der Waals surface area contributed by atoms with Gasteiger partial charge in [0.2, 0.25) is 0 Å². The van der Waals surface area contributed by atoms with Crippen LogP contribution in [-0.2, 0) is 4.79 Å².